The Hall–Kier alpha value is -5.42. The molecule has 10 N–H and O–H groups in total. The zero-order chi connectivity index (χ0) is 38.4. The maximum Gasteiger partial charge on any atom is 0.326 e. The molecule has 3 rings (SSSR count). The molecule has 0 spiro atoms. The molecule has 1 aromatic carbocycles. The van der Waals surface area contributed by atoms with Gasteiger partial charge >= 0.3 is 5.97 Å². The molecule has 2 aromatic heterocycles. The van der Waals surface area contributed by atoms with E-state index in [1.165, 1.54) is 6.33 Å². The van der Waals surface area contributed by atoms with E-state index in [9.17, 15) is 33.9 Å². The number of nitrogens with one attached hydrogen (secondary N) is 7. The van der Waals surface area contributed by atoms with Crippen LogP contribution in [0.5, 0.6) is 0 Å². The Morgan fingerprint density at radius 3 is 1.79 bits per heavy atom. The second-order valence-corrected chi connectivity index (χ2v) is 13.5. The molecular weight excluding hydrogens is 672 g/mol. The van der Waals surface area contributed by atoms with Crippen molar-refractivity contribution in [3.8, 4) is 0 Å². The van der Waals surface area contributed by atoms with E-state index in [-0.39, 0.29) is 78.9 Å². The van der Waals surface area contributed by atoms with Crippen LogP contribution in [-0.2, 0) is 16.0 Å². The van der Waals surface area contributed by atoms with E-state index < -0.39 is 47.7 Å². The second-order valence-electron chi connectivity index (χ2n) is 13.5. The molecular formula is C35H50N10O7. The Kier molecular flexibility index (Phi) is 15.6. The van der Waals surface area contributed by atoms with Crippen LogP contribution in [0.1, 0.15) is 95.0 Å². The van der Waals surface area contributed by atoms with E-state index in [0.717, 1.165) is 11.9 Å². The van der Waals surface area contributed by atoms with Gasteiger partial charge in [-0.3, -0.25) is 24.0 Å². The van der Waals surface area contributed by atoms with Crippen LogP contribution in [-0.4, -0.2) is 104 Å². The first-order valence-electron chi connectivity index (χ1n) is 17.2. The molecule has 0 saturated carbocycles. The molecule has 4 atom stereocenters. The number of ketones is 1. The van der Waals surface area contributed by atoms with Crippen molar-refractivity contribution >= 4 is 35.4 Å². The molecule has 52 heavy (non-hydrogen) atoms. The molecule has 282 valence electrons. The highest BCUT2D eigenvalue weighted by Crippen LogP contribution is 2.11. The van der Waals surface area contributed by atoms with E-state index in [0.29, 0.717) is 6.42 Å². The SMILES string of the molecule is CC(C)C[C@@H](CN)NC(=O)c1nc[nH]c1C(=O)N[C@@H](Cc1ccccc1)C(=O)CNC[C@H](C)NC(=O)c1nc[nH]c1C(=O)N[C@@H](CC(C)C)C(=O)O. The summed E-state index contributed by atoms with van der Waals surface area (Å²) in [7, 11) is 0. The van der Waals surface area contributed by atoms with Crippen molar-refractivity contribution in [2.45, 2.75) is 78.0 Å². The fourth-order valence-electron chi connectivity index (χ4n) is 5.44. The van der Waals surface area contributed by atoms with Crippen molar-refractivity contribution in [2.24, 2.45) is 17.6 Å². The quantitative estimate of drug-likeness (QED) is 0.0742. The minimum Gasteiger partial charge on any atom is -0.480 e. The minimum absolute atomic E-state index is 0.00253. The number of benzene rings is 1. The first-order valence-corrected chi connectivity index (χ1v) is 17.2. The van der Waals surface area contributed by atoms with Gasteiger partial charge in [0.25, 0.3) is 23.6 Å². The lowest BCUT2D eigenvalue weighted by atomic mass is 10.0. The normalized spacial score (nSPS) is 13.5. The van der Waals surface area contributed by atoms with Crippen LogP contribution < -0.4 is 32.3 Å². The molecule has 17 nitrogen and oxygen atoms in total. The van der Waals surface area contributed by atoms with Gasteiger partial charge in [-0.2, -0.15) is 0 Å². The van der Waals surface area contributed by atoms with E-state index in [2.05, 4.69) is 46.5 Å². The number of hydrogen-bond acceptors (Lipinski definition) is 10. The van der Waals surface area contributed by atoms with Crippen molar-refractivity contribution in [1.82, 2.24) is 46.5 Å². The molecule has 4 amide bonds. The zero-order valence-electron chi connectivity index (χ0n) is 30.1. The van der Waals surface area contributed by atoms with E-state index in [4.69, 9.17) is 5.73 Å². The summed E-state index contributed by atoms with van der Waals surface area (Å²) < 4.78 is 0. The Morgan fingerprint density at radius 2 is 1.27 bits per heavy atom. The number of rotatable bonds is 21. The molecule has 0 radical (unpaired) electrons. The van der Waals surface area contributed by atoms with Crippen LogP contribution in [0.3, 0.4) is 0 Å². The van der Waals surface area contributed by atoms with Crippen molar-refractivity contribution < 1.29 is 33.9 Å². The summed E-state index contributed by atoms with van der Waals surface area (Å²) in [6, 6.07) is 6.13. The van der Waals surface area contributed by atoms with Crippen LogP contribution in [0.4, 0.5) is 0 Å². The molecule has 0 aliphatic rings. The second kappa shape index (κ2) is 19.8. The monoisotopic (exact) mass is 722 g/mol. The van der Waals surface area contributed by atoms with Crippen LogP contribution in [0, 0.1) is 11.8 Å². The van der Waals surface area contributed by atoms with E-state index in [1.54, 1.807) is 6.92 Å². The minimum atomic E-state index is -1.20. The van der Waals surface area contributed by atoms with Gasteiger partial charge in [0.1, 0.15) is 17.4 Å². The fourth-order valence-corrected chi connectivity index (χ4v) is 5.44. The van der Waals surface area contributed by atoms with Crippen LogP contribution >= 0.6 is 0 Å². The number of carboxylic acid groups (broad SMARTS) is 1. The Morgan fingerprint density at radius 1 is 0.731 bits per heavy atom. The van der Waals surface area contributed by atoms with E-state index in [1.807, 2.05) is 58.0 Å². The number of nitrogens with two attached hydrogens (primary N) is 1. The summed E-state index contributed by atoms with van der Waals surface area (Å²) in [4.78, 5) is 90.6. The maximum absolute atomic E-state index is 13.5. The summed E-state index contributed by atoms with van der Waals surface area (Å²) in [5.41, 5.74) is 6.00. The number of Topliss-reactive ketones (excluding diaryl/α,β-unsaturated/α-hetero) is 1. The van der Waals surface area contributed by atoms with Gasteiger partial charge in [-0.15, -0.1) is 0 Å². The first kappa shape index (κ1) is 41.0. The third kappa shape index (κ3) is 12.4. The average Bonchev–Trinajstić information content (AvgIpc) is 3.78. The highest BCUT2D eigenvalue weighted by atomic mass is 16.4. The van der Waals surface area contributed by atoms with Gasteiger partial charge in [-0.25, -0.2) is 14.8 Å². The smallest absolute Gasteiger partial charge is 0.326 e. The summed E-state index contributed by atoms with van der Waals surface area (Å²) in [6.45, 7) is 9.51. The summed E-state index contributed by atoms with van der Waals surface area (Å²) >= 11 is 0. The highest BCUT2D eigenvalue weighted by Gasteiger charge is 2.29. The van der Waals surface area contributed by atoms with Crippen LogP contribution in [0.2, 0.25) is 0 Å². The number of aromatic nitrogens is 4. The van der Waals surface area contributed by atoms with Gasteiger partial charge in [0, 0.05) is 25.2 Å². The Bertz CT molecular complexity index is 1670. The van der Waals surface area contributed by atoms with Gasteiger partial charge in [-0.05, 0) is 43.6 Å². The molecule has 0 bridgehead atoms. The number of imidazole rings is 2. The lowest BCUT2D eigenvalue weighted by molar-refractivity contribution is -0.139. The molecule has 0 fully saturated rings. The molecule has 0 aliphatic heterocycles. The van der Waals surface area contributed by atoms with Crippen molar-refractivity contribution in [2.75, 3.05) is 19.6 Å². The van der Waals surface area contributed by atoms with Crippen LogP contribution in [0.25, 0.3) is 0 Å². The third-order valence-electron chi connectivity index (χ3n) is 7.95. The van der Waals surface area contributed by atoms with Gasteiger partial charge in [0.2, 0.25) is 0 Å². The lowest BCUT2D eigenvalue weighted by Crippen LogP contribution is -2.48. The van der Waals surface area contributed by atoms with Gasteiger partial charge in [0.15, 0.2) is 17.2 Å². The van der Waals surface area contributed by atoms with Crippen molar-refractivity contribution in [3.63, 3.8) is 0 Å². The molecule has 2 heterocycles. The van der Waals surface area contributed by atoms with Crippen molar-refractivity contribution in [3.05, 3.63) is 71.3 Å². The number of aromatic amines is 2. The molecule has 0 aliphatic carbocycles. The number of carbonyl (C=O) groups excluding carboxylic acids is 5. The van der Waals surface area contributed by atoms with Crippen molar-refractivity contribution in [1.29, 1.82) is 0 Å². The van der Waals surface area contributed by atoms with Gasteiger partial charge in [-0.1, -0.05) is 58.0 Å². The third-order valence-corrected chi connectivity index (χ3v) is 7.95. The van der Waals surface area contributed by atoms with Gasteiger partial charge in [0.05, 0.1) is 25.2 Å². The predicted octanol–water partition coefficient (Wildman–Crippen LogP) is 0.783. The Balaban J connectivity index is 1.62. The number of amides is 4. The van der Waals surface area contributed by atoms with Crippen LogP contribution in [0.15, 0.2) is 43.0 Å². The summed E-state index contributed by atoms with van der Waals surface area (Å²) in [5, 5.41) is 23.2. The highest BCUT2D eigenvalue weighted by molar-refractivity contribution is 6.06. The molecule has 0 unspecified atom stereocenters. The lowest BCUT2D eigenvalue weighted by Gasteiger charge is -2.20. The summed E-state index contributed by atoms with van der Waals surface area (Å²) in [5.74, 6) is -3.99. The molecule has 0 saturated heterocycles. The predicted molar refractivity (Wildman–Crippen MR) is 191 cm³/mol. The Labute approximate surface area is 302 Å². The fraction of sp³-hybridized carbons (Fsp3) is 0.486. The zero-order valence-corrected chi connectivity index (χ0v) is 30.1. The van der Waals surface area contributed by atoms with E-state index >= 15 is 0 Å². The first-order chi connectivity index (χ1) is 24.7. The number of nitrogens with zero attached hydrogens (tertiary/aromatic N) is 2. The number of aliphatic carboxylic acids is 1. The summed E-state index contributed by atoms with van der Waals surface area (Å²) in [6.07, 6.45) is 3.40. The largest absolute Gasteiger partial charge is 0.480 e. The van der Waals surface area contributed by atoms with Gasteiger partial charge < -0.3 is 47.4 Å². The number of carboxylic acids is 1. The average molecular weight is 723 g/mol. The number of H-pyrrole nitrogens is 2. The maximum atomic E-state index is 13.5. The molecule has 3 aromatic rings. The number of hydrogen-bond donors (Lipinski definition) is 9. The molecule has 17 heteroatoms. The number of carbonyl (C=O) groups is 6. The standard InChI is InChI=1S/C35H50N10O7/c1-19(2)11-23(14-36)43-32(48)28-30(41-18-39-28)33(49)44-24(13-22-9-7-6-8-10-22)26(46)16-37-15-21(5)42-31(47)27-29(40-17-38-27)34(50)45-25(35(51)52)12-20(3)4/h6-10,17-21,23-25,37H,11-16,36H2,1-5H3,(H,38,40)(H,39,41)(H,42,47)(H,43,48)(H,44,49)(H,45,50)(H,51,52)/t21-,23-,24-,25-/m0/s1. The topological polar surface area (TPSA) is 266 Å².